The second-order valence-electron chi connectivity index (χ2n) is 31.3. The van der Waals surface area contributed by atoms with Crippen molar-refractivity contribution in [2.45, 2.75) is 182 Å². The van der Waals surface area contributed by atoms with Gasteiger partial charge >= 0.3 is 6.36 Å². The number of ether oxygens (including phenoxy) is 7. The van der Waals surface area contributed by atoms with Gasteiger partial charge in [-0.15, -0.1) is 13.2 Å². The van der Waals surface area contributed by atoms with Crippen LogP contribution in [0.4, 0.5) is 18.9 Å². The fraction of sp³-hybridized carbons (Fsp3) is 0.393. The van der Waals surface area contributed by atoms with Crippen molar-refractivity contribution >= 4 is 82.1 Å². The third-order valence-electron chi connectivity index (χ3n) is 21.6. The molecule has 7 heterocycles. The van der Waals surface area contributed by atoms with Gasteiger partial charge in [0.15, 0.2) is 23.9 Å². The van der Waals surface area contributed by atoms with Crippen LogP contribution >= 0.6 is 23.2 Å². The lowest BCUT2D eigenvalue weighted by molar-refractivity contribution is -0.334. The van der Waals surface area contributed by atoms with Gasteiger partial charge in [-0.25, -0.2) is 5.43 Å². The van der Waals surface area contributed by atoms with E-state index >= 15 is 24.0 Å². The molecule has 126 heavy (non-hydrogen) atoms. The number of phenolic OH excluding ortho intramolecular Hbond substituents is 3. The number of carbonyl (C=O) groups is 9. The van der Waals surface area contributed by atoms with Gasteiger partial charge in [0.2, 0.25) is 59.3 Å². The topological polar surface area (TPSA) is 559 Å². The number of aliphatic hydroxyl groups excluding tert-OH is 6. The third kappa shape index (κ3) is 21.7. The summed E-state index contributed by atoms with van der Waals surface area (Å²) in [5, 5.41) is 130. The highest BCUT2D eigenvalue weighted by Crippen LogP contribution is 2.50. The highest BCUT2D eigenvalue weighted by molar-refractivity contribution is 6.32. The number of hydrogen-bond donors (Lipinski definition) is 21. The summed E-state index contributed by atoms with van der Waals surface area (Å²) in [6.07, 6.45) is -24.7. The van der Waals surface area contributed by atoms with Crippen molar-refractivity contribution in [1.29, 1.82) is 0 Å². The molecular weight excluding hydrogens is 1700 g/mol. The molecule has 0 saturated carbocycles. The van der Waals surface area contributed by atoms with Crippen LogP contribution in [-0.2, 0) is 70.3 Å². The Morgan fingerprint density at radius 3 is 1.97 bits per heavy atom. The van der Waals surface area contributed by atoms with E-state index in [0.717, 1.165) is 78.9 Å². The van der Waals surface area contributed by atoms with Crippen molar-refractivity contribution in [3.63, 3.8) is 0 Å². The van der Waals surface area contributed by atoms with Crippen molar-refractivity contribution in [2.75, 3.05) is 25.5 Å². The Morgan fingerprint density at radius 1 is 0.698 bits per heavy atom. The summed E-state index contributed by atoms with van der Waals surface area (Å²) < 4.78 is 81.9. The van der Waals surface area contributed by atoms with Crippen LogP contribution in [0.2, 0.25) is 10.0 Å². The number of hydrogen-bond acceptors (Lipinski definition) is 28. The SMILES string of the molecule is CCNNC(=O)[C@@H]1NC(=O)C2NC(=O)C(NC(=O)C3NC(=O)C(CC(N)=O)NC(=O)C(NC(=O)C(CC(C)C)NC)C(O)c4ccc(c(Cl)c4)Oc4cc3cc(c4OC3OC(CO)C(O)C(O)C3OC3C[C@](C)(NCc4cccc(NC(=O)Cc5ccc(OC(F)(F)F)cc5)c4)C(O)C(C)O3)Oc3ccc(cc3Cl)C2O)c2ccc(O)c(c2)-c2c(O)cc(O)cc21. The number of nitrogens with one attached hydrogen (secondary N) is 11. The fourth-order valence-corrected chi connectivity index (χ4v) is 15.6. The van der Waals surface area contributed by atoms with Gasteiger partial charge in [0.05, 0.1) is 47.7 Å². The number of nitrogens with two attached hydrogens (primary N) is 1. The predicted molar refractivity (Wildman–Crippen MR) is 438 cm³/mol. The van der Waals surface area contributed by atoms with Gasteiger partial charge in [-0.2, -0.15) is 0 Å². The first-order valence-electron chi connectivity index (χ1n) is 39.7. The normalized spacial score (nSPS) is 25.9. The second kappa shape index (κ2) is 39.4. The number of carbonyl (C=O) groups excluding carboxylic acids is 9. The van der Waals surface area contributed by atoms with Gasteiger partial charge in [0.25, 0.3) is 5.91 Å². The first-order valence-corrected chi connectivity index (χ1v) is 40.4. The molecule has 674 valence electrons. The average molecular weight is 1800 g/mol. The molecule has 16 unspecified atom stereocenters. The van der Waals surface area contributed by atoms with E-state index in [-0.39, 0.29) is 60.7 Å². The van der Waals surface area contributed by atoms with E-state index in [9.17, 15) is 78.3 Å². The summed E-state index contributed by atoms with van der Waals surface area (Å²) in [6.45, 7) is 7.40. The first kappa shape index (κ1) is 93.4. The Balaban J connectivity index is 0.999. The molecule has 0 spiro atoms. The number of hydrazine groups is 1. The molecule has 14 rings (SSSR count). The summed E-state index contributed by atoms with van der Waals surface area (Å²) >= 11 is 14.4. The maximum Gasteiger partial charge on any atom is 0.573 e. The van der Waals surface area contributed by atoms with Crippen molar-refractivity contribution in [3.8, 4) is 62.9 Å². The minimum absolute atomic E-state index is 0.0103. The lowest BCUT2D eigenvalue weighted by Gasteiger charge is -2.48. The summed E-state index contributed by atoms with van der Waals surface area (Å²) in [5.74, 6) is -16.3. The summed E-state index contributed by atoms with van der Waals surface area (Å²) in [7, 11) is 1.46. The number of likely N-dealkylation sites (N-methyl/N-ethyl adjacent to an activating group) is 1. The third-order valence-corrected chi connectivity index (χ3v) is 22.2. The Bertz CT molecular complexity index is 5280. The quantitative estimate of drug-likeness (QED) is 0.0431. The van der Waals surface area contributed by atoms with E-state index in [1.807, 2.05) is 13.8 Å². The lowest BCUT2D eigenvalue weighted by Crippen LogP contribution is -2.65. The van der Waals surface area contributed by atoms with Crippen LogP contribution in [0.5, 0.6) is 51.7 Å². The number of benzene rings is 7. The molecule has 2 saturated heterocycles. The number of alkyl halides is 3. The molecule has 18 atom stereocenters. The number of rotatable bonds is 22. The van der Waals surface area contributed by atoms with Gasteiger partial charge in [-0.1, -0.05) is 86.4 Å². The molecule has 0 aliphatic carbocycles. The minimum Gasteiger partial charge on any atom is -0.508 e. The predicted octanol–water partition coefficient (Wildman–Crippen LogP) is 3.57. The van der Waals surface area contributed by atoms with E-state index in [0.29, 0.717) is 16.8 Å². The van der Waals surface area contributed by atoms with E-state index in [1.54, 1.807) is 38.1 Å². The monoisotopic (exact) mass is 1800 g/mol. The standard InChI is InChI=1S/C84H93Cl2F3N12O25/c1-7-93-101-81(119)65-47-29-44(103)30-53(105)62(47)46-24-39(13-18-52(46)104)63-77(115)100-67(80(118)98-65)69(109)41-15-20-55(49(86)26-41)122-57-28-42-27-56(121-54-19-14-40(25-48(54)85)68(108)66(99-75(113)50(91-6)21-35(2)3)79(117)95-51(31-59(90)106)76(114)96-64(42)78(116)97-63)72(57)125-82-73(71(111)70(110)58(34-102)123-82)124-61-32-83(5,74(112)36(4)120-61)92-33-38-9-8-10-43(22-38)94-60(107)23-37-11-16-45(17-12-37)126-84(87,88)89/h8-20,22,24-30,35-36,50-51,58,61,63-71,73-74,82,91-93,102-105,108-112H,7,21,23,31-34H2,1-6H3,(H2,90,106)(H,94,107)(H,95,117)(H,96,114)(H,97,116)(H,98,118)(H,99,113)(H,100,115)(H,101,119)/t36?,50?,51?,58?,61?,63?,64?,65-,66?,67?,68?,69?,70?,71?,73?,74?,82?,83+/m1/s1. The van der Waals surface area contributed by atoms with E-state index < -0.39 is 260 Å². The van der Waals surface area contributed by atoms with Gasteiger partial charge in [0, 0.05) is 47.9 Å². The molecule has 7 aliphatic heterocycles. The Labute approximate surface area is 726 Å². The Morgan fingerprint density at radius 2 is 1.34 bits per heavy atom. The molecule has 7 aromatic carbocycles. The van der Waals surface area contributed by atoms with Crippen molar-refractivity contribution in [3.05, 3.63) is 176 Å². The number of aliphatic hydroxyl groups is 6. The highest BCUT2D eigenvalue weighted by Gasteiger charge is 2.53. The molecule has 2 fully saturated rings. The maximum absolute atomic E-state index is 16.3. The van der Waals surface area contributed by atoms with Crippen LogP contribution < -0.4 is 83.4 Å². The van der Waals surface area contributed by atoms with Crippen LogP contribution in [0.3, 0.4) is 0 Å². The number of anilines is 1. The minimum atomic E-state index is -4.93. The molecular formula is C84H93Cl2F3N12O25. The number of amides is 9. The Kier molecular flexibility index (Phi) is 29.2. The Hall–Kier alpha value is -11.7. The van der Waals surface area contributed by atoms with Gasteiger partial charge in [-0.3, -0.25) is 48.6 Å². The number of fused-ring (bicyclic) bond motifs is 15. The van der Waals surface area contributed by atoms with Crippen LogP contribution in [-0.4, -0.2) is 205 Å². The van der Waals surface area contributed by atoms with Gasteiger partial charge < -0.3 is 133 Å². The zero-order valence-electron chi connectivity index (χ0n) is 68.0. The van der Waals surface area contributed by atoms with Crippen LogP contribution in [0.25, 0.3) is 11.1 Å². The molecule has 7 aromatic rings. The van der Waals surface area contributed by atoms with Gasteiger partial charge in [0.1, 0.15) is 101 Å². The molecule has 0 aromatic heterocycles. The molecule has 37 nitrogen and oxygen atoms in total. The van der Waals surface area contributed by atoms with E-state index in [1.165, 1.54) is 38.2 Å². The van der Waals surface area contributed by atoms with Crippen LogP contribution in [0, 0.1) is 5.92 Å². The lowest BCUT2D eigenvalue weighted by atomic mass is 9.84. The molecule has 9 amide bonds. The molecule has 11 bridgehead atoms. The van der Waals surface area contributed by atoms with E-state index in [4.69, 9.17) is 57.4 Å². The summed E-state index contributed by atoms with van der Waals surface area (Å²) in [5.41, 5.74) is 8.07. The van der Waals surface area contributed by atoms with Crippen molar-refractivity contribution in [2.24, 2.45) is 11.7 Å². The smallest absolute Gasteiger partial charge is 0.508 e. The van der Waals surface area contributed by atoms with Crippen molar-refractivity contribution < 1.29 is 135 Å². The summed E-state index contributed by atoms with van der Waals surface area (Å²) in [6, 6.07) is 11.0. The fourth-order valence-electron chi connectivity index (χ4n) is 15.2. The number of phenols is 3. The number of aromatic hydroxyl groups is 3. The maximum atomic E-state index is 16.3. The van der Waals surface area contributed by atoms with Gasteiger partial charge in [-0.05, 0) is 151 Å². The van der Waals surface area contributed by atoms with Crippen LogP contribution in [0.1, 0.15) is 123 Å². The highest BCUT2D eigenvalue weighted by atomic mass is 35.5. The average Bonchev–Trinajstić information content (AvgIpc) is 0.767. The zero-order valence-corrected chi connectivity index (χ0v) is 69.5. The number of primary amides is 1. The first-order chi connectivity index (χ1) is 59.7. The largest absolute Gasteiger partial charge is 0.573 e. The van der Waals surface area contributed by atoms with E-state index in [2.05, 4.69) is 63.4 Å². The summed E-state index contributed by atoms with van der Waals surface area (Å²) in [4.78, 5) is 133. The molecule has 7 aliphatic rings. The zero-order chi connectivity index (χ0) is 91.2. The molecule has 22 N–H and O–H groups in total. The van der Waals surface area contributed by atoms with Crippen LogP contribution in [0.15, 0.2) is 127 Å². The van der Waals surface area contributed by atoms with Crippen molar-refractivity contribution in [1.82, 2.24) is 53.4 Å². The second-order valence-corrected chi connectivity index (χ2v) is 32.1. The molecule has 0 radical (unpaired) electrons. The molecule has 42 heteroatoms. The number of halogens is 5.